The van der Waals surface area contributed by atoms with Crippen LogP contribution < -0.4 is 0 Å². The van der Waals surface area contributed by atoms with Crippen LogP contribution in [0.3, 0.4) is 0 Å². The summed E-state index contributed by atoms with van der Waals surface area (Å²) >= 11 is 0. The summed E-state index contributed by atoms with van der Waals surface area (Å²) in [5.74, 6) is -2.40. The van der Waals surface area contributed by atoms with Gasteiger partial charge in [-0.05, 0) is 87.2 Å². The van der Waals surface area contributed by atoms with E-state index in [0.29, 0.717) is 35.7 Å². The van der Waals surface area contributed by atoms with Gasteiger partial charge in [-0.15, -0.1) is 0 Å². The lowest BCUT2D eigenvalue weighted by Crippen LogP contribution is -2.70. The lowest BCUT2D eigenvalue weighted by atomic mass is 9.43. The summed E-state index contributed by atoms with van der Waals surface area (Å²) in [6.45, 7) is 7.20. The van der Waals surface area contributed by atoms with Crippen LogP contribution in [0.4, 0.5) is 9.18 Å². The fourth-order valence-corrected chi connectivity index (χ4v) is 11.2. The Hall–Kier alpha value is -2.22. The monoisotopic (exact) mass is 542 g/mol. The van der Waals surface area contributed by atoms with Crippen molar-refractivity contribution < 1.29 is 38.5 Å². The Labute approximate surface area is 228 Å². The number of aliphatic carboxylic acids is 1. The molecule has 0 amide bonds. The number of carboxylic acids is 1. The molecule has 0 radical (unpaired) electrons. The van der Waals surface area contributed by atoms with Crippen LogP contribution in [0.1, 0.15) is 72.6 Å². The van der Waals surface area contributed by atoms with Gasteiger partial charge in [-0.2, -0.15) is 0 Å². The Morgan fingerprint density at radius 2 is 1.82 bits per heavy atom. The number of aliphatic hydroxyl groups excluding tert-OH is 1. The molecule has 0 bridgehead atoms. The third-order valence-electron chi connectivity index (χ3n) is 13.2. The Balaban J connectivity index is 1.22. The van der Waals surface area contributed by atoms with Crippen LogP contribution in [0.2, 0.25) is 0 Å². The molecule has 8 heteroatoms. The second-order valence-corrected chi connectivity index (χ2v) is 14.5. The molecule has 0 saturated heterocycles. The number of carbonyl (C=O) groups is 3. The van der Waals surface area contributed by atoms with Crippen LogP contribution >= 0.6 is 0 Å². The number of aliphatic hydroxyl groups is 1. The van der Waals surface area contributed by atoms with Crippen molar-refractivity contribution in [3.05, 3.63) is 23.8 Å². The minimum atomic E-state index is -2.09. The van der Waals surface area contributed by atoms with Crippen molar-refractivity contribution in [1.29, 1.82) is 0 Å². The number of hydrogen-bond acceptors (Lipinski definition) is 6. The lowest BCUT2D eigenvalue weighted by Gasteiger charge is -2.63. The van der Waals surface area contributed by atoms with Crippen LogP contribution in [0.25, 0.3) is 0 Å². The number of alkyl halides is 1. The largest absolute Gasteiger partial charge is 0.509 e. The minimum Gasteiger partial charge on any atom is -0.478 e. The molecule has 0 heterocycles. The number of ketones is 1. The highest BCUT2D eigenvalue weighted by molar-refractivity contribution is 6.01. The second kappa shape index (κ2) is 7.54. The number of halogens is 1. The molecule has 7 nitrogen and oxygen atoms in total. The Morgan fingerprint density at radius 1 is 1.08 bits per heavy atom. The predicted octanol–water partition coefficient (Wildman–Crippen LogP) is 5.01. The number of ether oxygens (including phenoxy) is 2. The van der Waals surface area contributed by atoms with Crippen molar-refractivity contribution in [3.63, 3.8) is 0 Å². The van der Waals surface area contributed by atoms with Crippen molar-refractivity contribution in [2.45, 2.75) is 96.1 Å². The van der Waals surface area contributed by atoms with Crippen molar-refractivity contribution in [1.82, 2.24) is 0 Å². The molecular weight excluding hydrogens is 503 g/mol. The molecule has 6 fully saturated rings. The van der Waals surface area contributed by atoms with Gasteiger partial charge in [0.25, 0.3) is 0 Å². The molecule has 1 spiro atoms. The van der Waals surface area contributed by atoms with Crippen molar-refractivity contribution >= 4 is 17.9 Å². The summed E-state index contributed by atoms with van der Waals surface area (Å²) in [7, 11) is 0. The molecule has 13 atom stereocenters. The molecule has 7 aliphatic carbocycles. The van der Waals surface area contributed by atoms with Crippen LogP contribution in [-0.2, 0) is 19.1 Å². The highest BCUT2D eigenvalue weighted by Crippen LogP contribution is 2.76. The van der Waals surface area contributed by atoms with Crippen LogP contribution in [-0.4, -0.2) is 51.6 Å². The van der Waals surface area contributed by atoms with Gasteiger partial charge < -0.3 is 19.7 Å². The lowest BCUT2D eigenvalue weighted by molar-refractivity contribution is -0.232. The highest BCUT2D eigenvalue weighted by atomic mass is 19.1. The van der Waals surface area contributed by atoms with E-state index in [4.69, 9.17) is 9.47 Å². The Morgan fingerprint density at radius 3 is 2.46 bits per heavy atom. The number of rotatable bonds is 3. The molecule has 212 valence electrons. The predicted molar refractivity (Wildman–Crippen MR) is 137 cm³/mol. The van der Waals surface area contributed by atoms with Gasteiger partial charge in [0.15, 0.2) is 11.5 Å². The second-order valence-electron chi connectivity index (χ2n) is 14.5. The SMILES string of the molecule is C[C@@H]1C[C@H]2[C@@H]3C[C@H](C)C4=CC(=O)C=C[C@]4(C)[C@@]3(F)[C@@H](O)C[C@]2(C)[C@@]1(OC(=O)O[C@H]1C[C@@H]2CC23CC[C@@H]13)C(=O)O. The molecule has 1 unspecified atom stereocenters. The van der Waals surface area contributed by atoms with E-state index in [0.717, 1.165) is 12.8 Å². The number of allylic oxidation sites excluding steroid dienone is 4. The zero-order chi connectivity index (χ0) is 27.9. The van der Waals surface area contributed by atoms with E-state index in [9.17, 15) is 24.6 Å². The zero-order valence-corrected chi connectivity index (χ0v) is 23.1. The number of carbonyl (C=O) groups excluding carboxylic acids is 2. The first-order valence-corrected chi connectivity index (χ1v) is 14.7. The van der Waals surface area contributed by atoms with Crippen LogP contribution in [0, 0.1) is 51.8 Å². The number of fused-ring (bicyclic) bond motifs is 5. The number of carboxylic acid groups (broad SMARTS) is 1. The first-order chi connectivity index (χ1) is 18.2. The minimum absolute atomic E-state index is 0.128. The van der Waals surface area contributed by atoms with Crippen molar-refractivity contribution in [2.75, 3.05) is 0 Å². The smallest absolute Gasteiger partial charge is 0.478 e. The molecule has 0 aromatic carbocycles. The van der Waals surface area contributed by atoms with E-state index in [1.165, 1.54) is 25.0 Å². The van der Waals surface area contributed by atoms with Gasteiger partial charge in [0, 0.05) is 28.6 Å². The highest BCUT2D eigenvalue weighted by Gasteiger charge is 2.78. The first kappa shape index (κ1) is 25.7. The van der Waals surface area contributed by atoms with Crippen LogP contribution in [0.5, 0.6) is 0 Å². The molecule has 7 aliphatic rings. The van der Waals surface area contributed by atoms with Gasteiger partial charge in [0.1, 0.15) is 6.10 Å². The standard InChI is InChI=1S/C31H39FO7/c1-15-9-22-21-10-16(2)31(25(35)36,39-26(37)38-23-11-17-13-29(17)8-6-19(23)29)28(21,4)14-24(34)30(22,32)27(3)7-5-18(33)12-20(15)27/h5,7,12,15-17,19,21-24,34H,6,8-11,13-14H2,1-4H3,(H,35,36)/t15-,16+,17+,19-,21-,22-,23-,24-,27-,28-,29?,30-,31-/m0/s1. The van der Waals surface area contributed by atoms with Gasteiger partial charge in [0.2, 0.25) is 5.60 Å². The van der Waals surface area contributed by atoms with Crippen molar-refractivity contribution in [2.24, 2.45) is 51.8 Å². The molecule has 6 saturated carbocycles. The van der Waals surface area contributed by atoms with Gasteiger partial charge in [-0.3, -0.25) is 4.79 Å². The molecular formula is C31H39FO7. The Kier molecular flexibility index (Phi) is 4.97. The van der Waals surface area contributed by atoms with Gasteiger partial charge >= 0.3 is 12.1 Å². The van der Waals surface area contributed by atoms with E-state index in [-0.39, 0.29) is 24.2 Å². The van der Waals surface area contributed by atoms with Gasteiger partial charge in [0.05, 0.1) is 6.10 Å². The van der Waals surface area contributed by atoms with E-state index >= 15 is 4.39 Å². The Bertz CT molecular complexity index is 1240. The molecule has 0 aromatic heterocycles. The zero-order valence-electron chi connectivity index (χ0n) is 23.1. The summed E-state index contributed by atoms with van der Waals surface area (Å²) in [6, 6.07) is 0. The van der Waals surface area contributed by atoms with Gasteiger partial charge in [-0.1, -0.05) is 32.4 Å². The average molecular weight is 543 g/mol. The summed E-state index contributed by atoms with van der Waals surface area (Å²) in [4.78, 5) is 38.6. The van der Waals surface area contributed by atoms with E-state index in [2.05, 4.69) is 0 Å². The molecule has 0 aromatic rings. The normalized spacial score (nSPS) is 56.2. The molecule has 0 aliphatic heterocycles. The maximum atomic E-state index is 17.5. The van der Waals surface area contributed by atoms with E-state index < -0.39 is 58.1 Å². The summed E-state index contributed by atoms with van der Waals surface area (Å²) < 4.78 is 29.3. The fraction of sp³-hybridized carbons (Fsp3) is 0.774. The maximum absolute atomic E-state index is 17.5. The molecule has 2 N–H and O–H groups in total. The first-order valence-electron chi connectivity index (χ1n) is 14.7. The van der Waals surface area contributed by atoms with Crippen LogP contribution in [0.15, 0.2) is 23.8 Å². The molecule has 39 heavy (non-hydrogen) atoms. The average Bonchev–Trinajstić information content (AvgIpc) is 3.48. The summed E-state index contributed by atoms with van der Waals surface area (Å²) in [5.41, 5.74) is -5.43. The van der Waals surface area contributed by atoms with Gasteiger partial charge in [-0.25, -0.2) is 14.0 Å². The third-order valence-corrected chi connectivity index (χ3v) is 13.2. The van der Waals surface area contributed by atoms with E-state index in [1.807, 2.05) is 6.92 Å². The molecule has 7 rings (SSSR count). The van der Waals surface area contributed by atoms with E-state index in [1.54, 1.807) is 26.8 Å². The quantitative estimate of drug-likeness (QED) is 0.482. The summed E-state index contributed by atoms with van der Waals surface area (Å²) in [5, 5.41) is 22.3. The fourth-order valence-electron chi connectivity index (χ4n) is 11.2. The third kappa shape index (κ3) is 2.80. The van der Waals surface area contributed by atoms with Crippen molar-refractivity contribution in [3.8, 4) is 0 Å². The number of hydrogen-bond donors (Lipinski definition) is 2. The summed E-state index contributed by atoms with van der Waals surface area (Å²) in [6.07, 6.45) is 6.50. The topological polar surface area (TPSA) is 110 Å². The maximum Gasteiger partial charge on any atom is 0.509 e.